The molecule has 1 N–H and O–H groups in total. The fraction of sp³-hybridized carbons (Fsp3) is 0.529. The van der Waals surface area contributed by atoms with E-state index in [1.54, 1.807) is 4.90 Å². The molecule has 1 saturated carbocycles. The Bertz CT molecular complexity index is 696. The SMILES string of the molecule is CC(OC(=O)c1ccc(NC2CC2)c([N+](=O)[O-])c1)C(=O)N1CCCC1. The van der Waals surface area contributed by atoms with Crippen LogP contribution in [0, 0.1) is 10.1 Å². The van der Waals surface area contributed by atoms with Crippen LogP contribution >= 0.6 is 0 Å². The maximum absolute atomic E-state index is 12.3. The minimum atomic E-state index is -0.908. The number of carbonyl (C=O) groups excluding carboxylic acids is 2. The zero-order valence-electron chi connectivity index (χ0n) is 14.1. The Morgan fingerprint density at radius 1 is 1.32 bits per heavy atom. The van der Waals surface area contributed by atoms with Crippen molar-refractivity contribution in [3.05, 3.63) is 33.9 Å². The van der Waals surface area contributed by atoms with Gasteiger partial charge in [-0.05, 0) is 44.7 Å². The summed E-state index contributed by atoms with van der Waals surface area (Å²) in [6, 6.07) is 4.45. The number of anilines is 1. The Balaban J connectivity index is 1.69. The third-order valence-electron chi connectivity index (χ3n) is 4.42. The summed E-state index contributed by atoms with van der Waals surface area (Å²) in [7, 11) is 0. The largest absolute Gasteiger partial charge is 0.449 e. The molecule has 2 aliphatic rings. The van der Waals surface area contributed by atoms with Gasteiger partial charge in [-0.2, -0.15) is 0 Å². The highest BCUT2D eigenvalue weighted by molar-refractivity contribution is 5.93. The molecule has 0 bridgehead atoms. The average molecular weight is 347 g/mol. The van der Waals surface area contributed by atoms with E-state index in [-0.39, 0.29) is 23.2 Å². The average Bonchev–Trinajstić information content (AvgIpc) is 3.23. The highest BCUT2D eigenvalue weighted by Gasteiger charge is 2.28. The number of nitrogens with one attached hydrogen (secondary N) is 1. The van der Waals surface area contributed by atoms with Crippen LogP contribution in [0.5, 0.6) is 0 Å². The van der Waals surface area contributed by atoms with Gasteiger partial charge in [-0.15, -0.1) is 0 Å². The van der Waals surface area contributed by atoms with Crippen LogP contribution in [-0.4, -0.2) is 46.9 Å². The van der Waals surface area contributed by atoms with Crippen LogP contribution < -0.4 is 5.32 Å². The van der Waals surface area contributed by atoms with Crippen molar-refractivity contribution in [3.63, 3.8) is 0 Å². The Labute approximate surface area is 145 Å². The molecule has 0 aromatic heterocycles. The number of hydrogen-bond acceptors (Lipinski definition) is 6. The Hall–Kier alpha value is -2.64. The summed E-state index contributed by atoms with van der Waals surface area (Å²) >= 11 is 0. The van der Waals surface area contributed by atoms with Crippen molar-refractivity contribution in [2.45, 2.75) is 44.8 Å². The molecular weight excluding hydrogens is 326 g/mol. The molecule has 1 aromatic carbocycles. The van der Waals surface area contributed by atoms with Gasteiger partial charge in [-0.3, -0.25) is 14.9 Å². The lowest BCUT2D eigenvalue weighted by atomic mass is 10.1. The molecule has 134 valence electrons. The van der Waals surface area contributed by atoms with Gasteiger partial charge < -0.3 is 15.0 Å². The molecule has 1 heterocycles. The quantitative estimate of drug-likeness (QED) is 0.481. The normalized spacial score (nSPS) is 17.9. The lowest BCUT2D eigenvalue weighted by Gasteiger charge is -2.20. The van der Waals surface area contributed by atoms with Gasteiger partial charge in [0.15, 0.2) is 6.10 Å². The van der Waals surface area contributed by atoms with Gasteiger partial charge in [-0.25, -0.2) is 4.79 Å². The second-order valence-corrected chi connectivity index (χ2v) is 6.49. The van der Waals surface area contributed by atoms with Gasteiger partial charge in [0.25, 0.3) is 11.6 Å². The molecule has 1 aromatic rings. The van der Waals surface area contributed by atoms with Crippen molar-refractivity contribution >= 4 is 23.3 Å². The first-order chi connectivity index (χ1) is 12.0. The number of nitro benzene ring substituents is 1. The minimum absolute atomic E-state index is 0.0640. The molecule has 3 rings (SSSR count). The molecule has 1 aliphatic carbocycles. The summed E-state index contributed by atoms with van der Waals surface area (Å²) in [6.45, 7) is 2.87. The van der Waals surface area contributed by atoms with Crippen molar-refractivity contribution in [2.75, 3.05) is 18.4 Å². The smallest absolute Gasteiger partial charge is 0.339 e. The van der Waals surface area contributed by atoms with Crippen LogP contribution in [0.15, 0.2) is 18.2 Å². The predicted molar refractivity (Wildman–Crippen MR) is 90.4 cm³/mol. The van der Waals surface area contributed by atoms with Gasteiger partial charge in [0.2, 0.25) is 0 Å². The molecule has 2 fully saturated rings. The van der Waals surface area contributed by atoms with Crippen LogP contribution in [0.3, 0.4) is 0 Å². The molecule has 0 spiro atoms. The van der Waals surface area contributed by atoms with Crippen LogP contribution in [0.1, 0.15) is 43.0 Å². The van der Waals surface area contributed by atoms with E-state index in [0.29, 0.717) is 18.8 Å². The predicted octanol–water partition coefficient (Wildman–Crippen LogP) is 2.34. The first-order valence-electron chi connectivity index (χ1n) is 8.50. The molecule has 8 heteroatoms. The van der Waals surface area contributed by atoms with Gasteiger partial charge in [0.1, 0.15) is 5.69 Å². The zero-order valence-corrected chi connectivity index (χ0v) is 14.1. The summed E-state index contributed by atoms with van der Waals surface area (Å²) in [4.78, 5) is 36.9. The summed E-state index contributed by atoms with van der Waals surface area (Å²) < 4.78 is 5.21. The van der Waals surface area contributed by atoms with Gasteiger partial charge >= 0.3 is 5.97 Å². The lowest BCUT2D eigenvalue weighted by Crippen LogP contribution is -2.38. The molecule has 1 aliphatic heterocycles. The van der Waals surface area contributed by atoms with Crippen LogP contribution in [0.25, 0.3) is 0 Å². The standard InChI is InChI=1S/C17H21N3O5/c1-11(16(21)19-8-2-3-9-19)25-17(22)12-4-7-14(18-13-5-6-13)15(10-12)20(23)24/h4,7,10-11,13,18H,2-3,5-6,8-9H2,1H3. The van der Waals surface area contributed by atoms with Crippen molar-refractivity contribution in [1.29, 1.82) is 0 Å². The number of rotatable bonds is 6. The second-order valence-electron chi connectivity index (χ2n) is 6.49. The third kappa shape index (κ3) is 4.07. The maximum Gasteiger partial charge on any atom is 0.339 e. The number of hydrogen-bond donors (Lipinski definition) is 1. The van der Waals surface area contributed by atoms with Crippen LogP contribution in [-0.2, 0) is 9.53 Å². The van der Waals surface area contributed by atoms with E-state index in [2.05, 4.69) is 5.32 Å². The van der Waals surface area contributed by atoms with E-state index in [4.69, 9.17) is 4.74 Å². The fourth-order valence-electron chi connectivity index (χ4n) is 2.85. The molecule has 25 heavy (non-hydrogen) atoms. The molecule has 1 atom stereocenters. The molecule has 8 nitrogen and oxygen atoms in total. The second kappa shape index (κ2) is 7.08. The Morgan fingerprint density at radius 2 is 2.00 bits per heavy atom. The summed E-state index contributed by atoms with van der Waals surface area (Å²) in [5.74, 6) is -0.964. The number of carbonyl (C=O) groups is 2. The van der Waals surface area contributed by atoms with E-state index in [9.17, 15) is 19.7 Å². The van der Waals surface area contributed by atoms with Gasteiger partial charge in [-0.1, -0.05) is 0 Å². The van der Waals surface area contributed by atoms with Crippen LogP contribution in [0.2, 0.25) is 0 Å². The number of esters is 1. The van der Waals surface area contributed by atoms with E-state index >= 15 is 0 Å². The molecule has 0 radical (unpaired) electrons. The molecule has 1 amide bonds. The number of amides is 1. The zero-order chi connectivity index (χ0) is 18.0. The van der Waals surface area contributed by atoms with Gasteiger partial charge in [0.05, 0.1) is 10.5 Å². The van der Waals surface area contributed by atoms with Crippen LogP contribution in [0.4, 0.5) is 11.4 Å². The van der Waals surface area contributed by atoms with Crippen molar-refractivity contribution in [2.24, 2.45) is 0 Å². The third-order valence-corrected chi connectivity index (χ3v) is 4.42. The highest BCUT2D eigenvalue weighted by Crippen LogP contribution is 2.31. The number of benzene rings is 1. The lowest BCUT2D eigenvalue weighted by molar-refractivity contribution is -0.384. The Kier molecular flexibility index (Phi) is 4.87. The molecular formula is C17H21N3O5. The molecule has 1 unspecified atom stereocenters. The van der Waals surface area contributed by atoms with E-state index in [1.165, 1.54) is 25.1 Å². The van der Waals surface area contributed by atoms with Crippen molar-refractivity contribution in [1.82, 2.24) is 4.90 Å². The van der Waals surface area contributed by atoms with E-state index in [0.717, 1.165) is 25.7 Å². The summed E-state index contributed by atoms with van der Waals surface area (Å²) in [6.07, 6.45) is 2.96. The number of nitrogens with zero attached hydrogens (tertiary/aromatic N) is 2. The van der Waals surface area contributed by atoms with E-state index in [1.807, 2.05) is 0 Å². The summed E-state index contributed by atoms with van der Waals surface area (Å²) in [5.41, 5.74) is 0.291. The monoisotopic (exact) mass is 347 g/mol. The molecule has 1 saturated heterocycles. The Morgan fingerprint density at radius 3 is 2.60 bits per heavy atom. The summed E-state index contributed by atoms with van der Waals surface area (Å²) in [5, 5.41) is 14.3. The van der Waals surface area contributed by atoms with Crippen molar-refractivity contribution in [3.8, 4) is 0 Å². The van der Waals surface area contributed by atoms with Gasteiger partial charge in [0, 0.05) is 25.2 Å². The highest BCUT2D eigenvalue weighted by atomic mass is 16.6. The number of ether oxygens (including phenoxy) is 1. The fourth-order valence-corrected chi connectivity index (χ4v) is 2.85. The number of likely N-dealkylation sites (tertiary alicyclic amines) is 1. The first kappa shape index (κ1) is 17.2. The van der Waals surface area contributed by atoms with Crippen molar-refractivity contribution < 1.29 is 19.2 Å². The first-order valence-corrected chi connectivity index (χ1v) is 8.50. The minimum Gasteiger partial charge on any atom is -0.449 e. The van der Waals surface area contributed by atoms with E-state index < -0.39 is 17.0 Å². The number of nitro groups is 1. The topological polar surface area (TPSA) is 102 Å². The maximum atomic E-state index is 12.3.